The number of hydrogen-bond acceptors (Lipinski definition) is 11. The molecule has 0 aliphatic carbocycles. The van der Waals surface area contributed by atoms with Crippen molar-refractivity contribution in [1.82, 2.24) is 30.3 Å². The molecule has 0 radical (unpaired) electrons. The molecule has 0 spiro atoms. The van der Waals surface area contributed by atoms with Crippen LogP contribution in [0.25, 0.3) is 10.9 Å². The second-order valence-corrected chi connectivity index (χ2v) is 15.9. The summed E-state index contributed by atoms with van der Waals surface area (Å²) in [4.78, 5) is 53.1. The molecule has 15 heteroatoms. The Morgan fingerprint density at radius 1 is 1.02 bits per heavy atom. The average Bonchev–Trinajstić information content (AvgIpc) is 3.86. The molecule has 14 nitrogen and oxygen atoms in total. The molecule has 0 saturated carbocycles. The second kappa shape index (κ2) is 17.0. The van der Waals surface area contributed by atoms with E-state index in [0.29, 0.717) is 22.9 Å². The minimum Gasteiger partial charge on any atom is -0.480 e. The lowest BCUT2D eigenvalue weighted by atomic mass is 9.89. The molecule has 4 aliphatic rings. The molecule has 4 aliphatic heterocycles. The van der Waals surface area contributed by atoms with Crippen molar-refractivity contribution < 1.29 is 23.5 Å². The number of pyridine rings is 1. The number of carbonyl (C=O) groups is 3. The van der Waals surface area contributed by atoms with Crippen molar-refractivity contribution in [3.63, 3.8) is 0 Å². The number of fused-ring (bicyclic) bond motifs is 2. The third-order valence-electron chi connectivity index (χ3n) is 12.7. The Morgan fingerprint density at radius 2 is 1.74 bits per heavy atom. The summed E-state index contributed by atoms with van der Waals surface area (Å²) in [6, 6.07) is 15.6. The number of methoxy groups -OCH3 is 1. The number of likely N-dealkylation sites (N-methyl/N-ethyl adjacent to an activating group) is 1. The first-order valence-corrected chi connectivity index (χ1v) is 20.5. The van der Waals surface area contributed by atoms with Crippen LogP contribution in [0.1, 0.15) is 71.6 Å². The molecule has 1 unspecified atom stereocenters. The summed E-state index contributed by atoms with van der Waals surface area (Å²) in [6.45, 7) is 8.63. The standard InChI is InChI=1S/C43H51FN10O4/c1-46-41(56)36(4-3-23-55)54-27-31-24-37(47-42(58-2)38(31)43(54)57)53-21-19-50(20-22-53)26-28-11-15-51(16-12-28)32-7-5-29(6-8-32)30-13-17-52(18-14-30)35-10-9-33(44)39-34(25-45)48-49-40(35)39/h5-10,23-24,28,30,36H,3-4,11-22,26-27H2,1-2H3,(H,46,56)(H,48,49). The van der Waals surface area contributed by atoms with Crippen molar-refractivity contribution in [2.75, 3.05) is 87.8 Å². The summed E-state index contributed by atoms with van der Waals surface area (Å²) >= 11 is 0. The van der Waals surface area contributed by atoms with E-state index < -0.39 is 11.9 Å². The minimum absolute atomic E-state index is 0.0929. The molecule has 304 valence electrons. The number of nitriles is 1. The van der Waals surface area contributed by atoms with E-state index in [2.05, 4.69) is 59.4 Å². The molecule has 3 saturated heterocycles. The van der Waals surface area contributed by atoms with E-state index in [9.17, 15) is 24.0 Å². The lowest BCUT2D eigenvalue weighted by Gasteiger charge is -2.40. The van der Waals surface area contributed by atoms with Crippen molar-refractivity contribution in [3.05, 3.63) is 70.7 Å². The summed E-state index contributed by atoms with van der Waals surface area (Å²) in [7, 11) is 3.05. The number of hydrogen-bond donors (Lipinski definition) is 2. The van der Waals surface area contributed by atoms with E-state index in [-0.39, 0.29) is 48.2 Å². The van der Waals surface area contributed by atoms with Gasteiger partial charge >= 0.3 is 0 Å². The maximum Gasteiger partial charge on any atom is 0.260 e. The Balaban J connectivity index is 0.802. The van der Waals surface area contributed by atoms with Gasteiger partial charge in [-0.2, -0.15) is 15.3 Å². The molecule has 2 N–H and O–H groups in total. The monoisotopic (exact) mass is 790 g/mol. The van der Waals surface area contributed by atoms with Crippen molar-refractivity contribution in [2.24, 2.45) is 5.92 Å². The van der Waals surface area contributed by atoms with Crippen molar-refractivity contribution >= 4 is 46.2 Å². The van der Waals surface area contributed by atoms with Gasteiger partial charge in [-0.25, -0.2) is 4.39 Å². The topological polar surface area (TPSA) is 154 Å². The highest BCUT2D eigenvalue weighted by molar-refractivity contribution is 6.03. The van der Waals surface area contributed by atoms with Gasteiger partial charge in [0.1, 0.15) is 35.6 Å². The number of rotatable bonds is 12. The molecule has 2 amide bonds. The molecule has 8 rings (SSSR count). The molecule has 2 aromatic carbocycles. The van der Waals surface area contributed by atoms with Crippen LogP contribution in [0.4, 0.5) is 21.6 Å². The molecular weight excluding hydrogens is 740 g/mol. The number of carbonyl (C=O) groups excluding carboxylic acids is 3. The number of nitrogens with zero attached hydrogens (tertiary/aromatic N) is 8. The predicted octanol–water partition coefficient (Wildman–Crippen LogP) is 4.45. The fourth-order valence-electron chi connectivity index (χ4n) is 9.42. The van der Waals surface area contributed by atoms with Crippen molar-refractivity contribution in [2.45, 2.75) is 57.0 Å². The number of aromatic amines is 1. The number of ether oxygens (including phenoxy) is 1. The highest BCUT2D eigenvalue weighted by atomic mass is 19.1. The number of amides is 2. The first-order chi connectivity index (χ1) is 28.3. The largest absolute Gasteiger partial charge is 0.480 e. The van der Waals surface area contributed by atoms with Gasteiger partial charge in [0.2, 0.25) is 11.8 Å². The number of aldehydes is 1. The van der Waals surface area contributed by atoms with Crippen LogP contribution in [0.5, 0.6) is 5.88 Å². The fraction of sp³-hybridized carbons (Fsp3) is 0.488. The van der Waals surface area contributed by atoms with Crippen molar-refractivity contribution in [1.29, 1.82) is 5.26 Å². The Kier molecular flexibility index (Phi) is 11.5. The first-order valence-electron chi connectivity index (χ1n) is 20.5. The molecule has 0 bridgehead atoms. The van der Waals surface area contributed by atoms with E-state index in [1.807, 2.05) is 12.1 Å². The maximum absolute atomic E-state index is 14.5. The zero-order valence-electron chi connectivity index (χ0n) is 33.3. The number of nitrogens with one attached hydrogen (secondary N) is 2. The fourth-order valence-corrected chi connectivity index (χ4v) is 9.42. The highest BCUT2D eigenvalue weighted by Gasteiger charge is 2.39. The Morgan fingerprint density at radius 3 is 2.41 bits per heavy atom. The number of aromatic nitrogens is 3. The van der Waals surface area contributed by atoms with Crippen LogP contribution < -0.4 is 24.8 Å². The summed E-state index contributed by atoms with van der Waals surface area (Å²) in [5.41, 5.74) is 5.40. The molecule has 3 fully saturated rings. The third kappa shape index (κ3) is 7.65. The number of benzene rings is 2. The van der Waals surface area contributed by atoms with Gasteiger partial charge in [-0.05, 0) is 85.4 Å². The summed E-state index contributed by atoms with van der Waals surface area (Å²) in [6.07, 6.45) is 5.52. The van der Waals surface area contributed by atoms with Gasteiger partial charge in [0, 0.05) is 84.6 Å². The van der Waals surface area contributed by atoms with E-state index in [4.69, 9.17) is 9.72 Å². The maximum atomic E-state index is 14.5. The quantitative estimate of drug-likeness (QED) is 0.196. The average molecular weight is 791 g/mol. The Bertz CT molecular complexity index is 2180. The minimum atomic E-state index is -0.742. The van der Waals surface area contributed by atoms with Crippen molar-refractivity contribution in [3.8, 4) is 11.9 Å². The highest BCUT2D eigenvalue weighted by Crippen LogP contribution is 2.37. The van der Waals surface area contributed by atoms with E-state index in [1.165, 1.54) is 36.4 Å². The molecule has 58 heavy (non-hydrogen) atoms. The van der Waals surface area contributed by atoms with Crippen LogP contribution in [0.3, 0.4) is 0 Å². The number of piperazine rings is 1. The Hall–Kier alpha value is -5.75. The molecule has 4 aromatic rings. The van der Waals surface area contributed by atoms with Gasteiger partial charge in [-0.3, -0.25) is 19.6 Å². The lowest BCUT2D eigenvalue weighted by molar-refractivity contribution is -0.125. The van der Waals surface area contributed by atoms with E-state index in [1.54, 1.807) is 6.07 Å². The van der Waals surface area contributed by atoms with Gasteiger partial charge in [-0.15, -0.1) is 0 Å². The van der Waals surface area contributed by atoms with E-state index >= 15 is 0 Å². The third-order valence-corrected chi connectivity index (χ3v) is 12.7. The van der Waals surface area contributed by atoms with Gasteiger partial charge in [0.05, 0.1) is 23.7 Å². The van der Waals surface area contributed by atoms with Crippen LogP contribution >= 0.6 is 0 Å². The molecule has 2 aromatic heterocycles. The number of halogens is 1. The normalized spacial score (nSPS) is 18.7. The Labute approximate surface area is 337 Å². The van der Waals surface area contributed by atoms with Crippen LogP contribution in [0, 0.1) is 23.1 Å². The zero-order chi connectivity index (χ0) is 40.3. The van der Waals surface area contributed by atoms with Crippen LogP contribution in [0.15, 0.2) is 42.5 Å². The summed E-state index contributed by atoms with van der Waals surface area (Å²) < 4.78 is 20.1. The van der Waals surface area contributed by atoms with Crippen LogP contribution in [0.2, 0.25) is 0 Å². The van der Waals surface area contributed by atoms with Gasteiger partial charge < -0.3 is 34.4 Å². The second-order valence-electron chi connectivity index (χ2n) is 15.9. The number of anilines is 3. The van der Waals surface area contributed by atoms with Gasteiger partial charge in [0.25, 0.3) is 5.91 Å². The lowest BCUT2D eigenvalue weighted by Crippen LogP contribution is -2.49. The molecule has 6 heterocycles. The molecule has 1 atom stereocenters. The smallest absolute Gasteiger partial charge is 0.260 e. The summed E-state index contributed by atoms with van der Waals surface area (Å²) in [5.74, 6) is 1.13. The molecular formula is C43H51FN10O4. The number of piperidine rings is 2. The predicted molar refractivity (Wildman–Crippen MR) is 219 cm³/mol. The van der Waals surface area contributed by atoms with Gasteiger partial charge in [-0.1, -0.05) is 12.1 Å². The first kappa shape index (κ1) is 39.1. The number of H-pyrrole nitrogens is 1. The van der Waals surface area contributed by atoms with E-state index in [0.717, 1.165) is 108 Å². The van der Waals surface area contributed by atoms with Gasteiger partial charge in [0.15, 0.2) is 5.69 Å². The van der Waals surface area contributed by atoms with Crippen LogP contribution in [-0.4, -0.2) is 122 Å². The SMILES string of the molecule is CNC(=O)C(CCC=O)N1Cc2cc(N3CCN(CC4CCN(c5ccc(C6CCN(c7ccc(F)c8c(C#N)n[nH]c78)CC6)cc5)CC4)CC3)nc(OC)c2C1=O. The summed E-state index contributed by atoms with van der Waals surface area (Å²) in [5, 5.41) is 19.2. The zero-order valence-corrected chi connectivity index (χ0v) is 33.3. The van der Waals surface area contributed by atoms with Crippen LogP contribution in [-0.2, 0) is 16.1 Å².